The van der Waals surface area contributed by atoms with Crippen molar-refractivity contribution in [3.63, 3.8) is 0 Å². The SMILES string of the molecule is CN1CC(=O)OB(c2ccc(CN=[N+]=[N-])cc2)OC(=O)C1. The van der Waals surface area contributed by atoms with Crippen LogP contribution in [-0.2, 0) is 25.4 Å². The van der Waals surface area contributed by atoms with Gasteiger partial charge >= 0.3 is 19.1 Å². The number of hydrogen-bond donors (Lipinski definition) is 0. The van der Waals surface area contributed by atoms with E-state index in [4.69, 9.17) is 14.8 Å². The molecule has 108 valence electrons. The summed E-state index contributed by atoms with van der Waals surface area (Å²) in [7, 11) is 0.583. The predicted octanol–water partition coefficient (Wildman–Crippen LogP) is 0.224. The summed E-state index contributed by atoms with van der Waals surface area (Å²) in [6.45, 7) is 0.285. The molecule has 1 aromatic carbocycles. The van der Waals surface area contributed by atoms with E-state index in [0.717, 1.165) is 5.56 Å². The molecule has 0 spiro atoms. The van der Waals surface area contributed by atoms with Gasteiger partial charge in [-0.2, -0.15) is 0 Å². The summed E-state index contributed by atoms with van der Waals surface area (Å²) in [6, 6.07) is 6.77. The minimum absolute atomic E-state index is 0.0283. The molecule has 0 bridgehead atoms. The van der Waals surface area contributed by atoms with E-state index in [1.807, 2.05) is 0 Å². The van der Waals surface area contributed by atoms with Gasteiger partial charge in [0, 0.05) is 10.4 Å². The van der Waals surface area contributed by atoms with Crippen molar-refractivity contribution in [3.05, 3.63) is 40.3 Å². The monoisotopic (exact) mass is 288 g/mol. The fourth-order valence-electron chi connectivity index (χ4n) is 1.86. The van der Waals surface area contributed by atoms with Crippen molar-refractivity contribution in [1.29, 1.82) is 0 Å². The second kappa shape index (κ2) is 6.78. The van der Waals surface area contributed by atoms with Crippen LogP contribution in [0.3, 0.4) is 0 Å². The molecule has 0 amide bonds. The molecular weight excluding hydrogens is 275 g/mol. The van der Waals surface area contributed by atoms with Gasteiger partial charge in [0.2, 0.25) is 0 Å². The average molecular weight is 288 g/mol. The number of likely N-dealkylation sites (N-methyl/N-ethyl adjacent to an activating group) is 1. The van der Waals surface area contributed by atoms with Gasteiger partial charge < -0.3 is 9.31 Å². The summed E-state index contributed by atoms with van der Waals surface area (Å²) >= 11 is 0. The molecule has 1 aliphatic rings. The van der Waals surface area contributed by atoms with Gasteiger partial charge in [-0.05, 0) is 18.1 Å². The second-order valence-electron chi connectivity index (χ2n) is 4.61. The zero-order valence-electron chi connectivity index (χ0n) is 11.4. The Balaban J connectivity index is 2.13. The fourth-order valence-corrected chi connectivity index (χ4v) is 1.86. The van der Waals surface area contributed by atoms with Gasteiger partial charge in [0.15, 0.2) is 0 Å². The standard InChI is InChI=1S/C12H13BN4O4/c1-17-7-11(18)20-13(21-12(19)8-17)10-4-2-9(3-5-10)6-15-16-14/h2-5H,6-8H2,1H3. The summed E-state index contributed by atoms with van der Waals surface area (Å²) in [5, 5.41) is 3.45. The topological polar surface area (TPSA) is 105 Å². The van der Waals surface area contributed by atoms with Crippen LogP contribution in [-0.4, -0.2) is 44.1 Å². The lowest BCUT2D eigenvalue weighted by molar-refractivity contribution is -0.145. The smallest absolute Gasteiger partial charge is 0.494 e. The quantitative estimate of drug-likeness (QED) is 0.342. The van der Waals surface area contributed by atoms with Crippen LogP contribution in [0.1, 0.15) is 5.56 Å². The minimum Gasteiger partial charge on any atom is -0.494 e. The highest BCUT2D eigenvalue weighted by Gasteiger charge is 2.33. The highest BCUT2D eigenvalue weighted by Crippen LogP contribution is 2.04. The van der Waals surface area contributed by atoms with Crippen LogP contribution in [0.2, 0.25) is 0 Å². The van der Waals surface area contributed by atoms with Gasteiger partial charge in [0.05, 0.1) is 19.6 Å². The Morgan fingerprint density at radius 1 is 1.24 bits per heavy atom. The van der Waals surface area contributed by atoms with Crippen LogP contribution in [0.15, 0.2) is 29.4 Å². The highest BCUT2D eigenvalue weighted by atomic mass is 16.6. The van der Waals surface area contributed by atoms with Gasteiger partial charge in [-0.1, -0.05) is 29.4 Å². The number of nitrogens with zero attached hydrogens (tertiary/aromatic N) is 4. The molecule has 0 aliphatic carbocycles. The molecule has 21 heavy (non-hydrogen) atoms. The molecule has 1 aromatic rings. The van der Waals surface area contributed by atoms with Crippen molar-refractivity contribution in [1.82, 2.24) is 4.90 Å². The molecule has 1 heterocycles. The van der Waals surface area contributed by atoms with Crippen molar-refractivity contribution in [2.24, 2.45) is 5.11 Å². The van der Waals surface area contributed by atoms with Crippen molar-refractivity contribution in [3.8, 4) is 0 Å². The Kier molecular flexibility index (Phi) is 4.81. The van der Waals surface area contributed by atoms with Gasteiger partial charge in [0.1, 0.15) is 0 Å². The van der Waals surface area contributed by atoms with E-state index in [-0.39, 0.29) is 19.6 Å². The van der Waals surface area contributed by atoms with Gasteiger partial charge in [0.25, 0.3) is 0 Å². The number of benzene rings is 1. The van der Waals surface area contributed by atoms with Crippen LogP contribution in [0.5, 0.6) is 0 Å². The van der Waals surface area contributed by atoms with E-state index in [1.165, 1.54) is 4.90 Å². The molecule has 1 aliphatic heterocycles. The maximum atomic E-state index is 11.6. The molecule has 8 nitrogen and oxygen atoms in total. The van der Waals surface area contributed by atoms with Crippen molar-refractivity contribution in [2.75, 3.05) is 20.1 Å². The lowest BCUT2D eigenvalue weighted by Crippen LogP contribution is -2.47. The normalized spacial score (nSPS) is 16.3. The number of carbonyl (C=O) groups excluding carboxylic acids is 2. The number of carbonyl (C=O) groups is 2. The minimum atomic E-state index is -1.05. The number of rotatable bonds is 3. The Morgan fingerprint density at radius 3 is 2.33 bits per heavy atom. The first-order valence-corrected chi connectivity index (χ1v) is 6.25. The molecule has 0 aromatic heterocycles. The summed E-state index contributed by atoms with van der Waals surface area (Å²) in [6.07, 6.45) is 0. The first-order valence-electron chi connectivity index (χ1n) is 6.25. The van der Waals surface area contributed by atoms with E-state index in [0.29, 0.717) is 5.46 Å². The second-order valence-corrected chi connectivity index (χ2v) is 4.61. The average Bonchev–Trinajstić information content (AvgIpc) is 2.43. The van der Waals surface area contributed by atoms with Crippen molar-refractivity contribution < 1.29 is 18.9 Å². The van der Waals surface area contributed by atoms with Crippen LogP contribution >= 0.6 is 0 Å². The van der Waals surface area contributed by atoms with Crippen molar-refractivity contribution in [2.45, 2.75) is 6.54 Å². The molecule has 1 saturated heterocycles. The Bertz CT molecular complexity index is 565. The van der Waals surface area contributed by atoms with E-state index < -0.39 is 19.1 Å². The van der Waals surface area contributed by atoms with E-state index in [2.05, 4.69) is 10.0 Å². The predicted molar refractivity (Wildman–Crippen MR) is 74.4 cm³/mol. The molecule has 9 heteroatoms. The summed E-state index contributed by atoms with van der Waals surface area (Å²) in [5.74, 6) is -0.929. The molecule has 0 radical (unpaired) electrons. The first kappa shape index (κ1) is 14.9. The number of hydrogen-bond acceptors (Lipinski definition) is 6. The summed E-state index contributed by atoms with van der Waals surface area (Å²) in [4.78, 5) is 27.5. The maximum absolute atomic E-state index is 11.6. The Labute approximate surface area is 121 Å². The molecule has 0 unspecified atom stereocenters. The van der Waals surface area contributed by atoms with Gasteiger partial charge in [-0.25, -0.2) is 0 Å². The summed E-state index contributed by atoms with van der Waals surface area (Å²) in [5.41, 5.74) is 9.62. The third kappa shape index (κ3) is 4.23. The van der Waals surface area contributed by atoms with Crippen LogP contribution in [0.4, 0.5) is 0 Å². The lowest BCUT2D eigenvalue weighted by Gasteiger charge is -2.22. The third-order valence-corrected chi connectivity index (χ3v) is 2.84. The van der Waals surface area contributed by atoms with Crippen LogP contribution in [0.25, 0.3) is 10.4 Å². The van der Waals surface area contributed by atoms with Crippen LogP contribution < -0.4 is 5.46 Å². The molecule has 0 saturated carbocycles. The Morgan fingerprint density at radius 2 is 1.81 bits per heavy atom. The lowest BCUT2D eigenvalue weighted by atomic mass is 9.78. The zero-order valence-corrected chi connectivity index (χ0v) is 11.4. The van der Waals surface area contributed by atoms with E-state index in [1.54, 1.807) is 31.3 Å². The third-order valence-electron chi connectivity index (χ3n) is 2.84. The van der Waals surface area contributed by atoms with Gasteiger partial charge in [-0.15, -0.1) is 0 Å². The first-order chi connectivity index (χ1) is 10.1. The molecule has 0 atom stereocenters. The number of azide groups is 1. The van der Waals surface area contributed by atoms with E-state index >= 15 is 0 Å². The molecular formula is C12H13BN4O4. The fraction of sp³-hybridized carbons (Fsp3) is 0.333. The van der Waals surface area contributed by atoms with Gasteiger partial charge in [-0.3, -0.25) is 14.5 Å². The molecule has 0 N–H and O–H groups in total. The highest BCUT2D eigenvalue weighted by molar-refractivity contribution is 6.64. The largest absolute Gasteiger partial charge is 0.636 e. The van der Waals surface area contributed by atoms with Crippen LogP contribution in [0, 0.1) is 0 Å². The Hall–Kier alpha value is -2.51. The maximum Gasteiger partial charge on any atom is 0.636 e. The summed E-state index contributed by atoms with van der Waals surface area (Å²) < 4.78 is 10.3. The zero-order chi connectivity index (χ0) is 15.2. The van der Waals surface area contributed by atoms with Crippen molar-refractivity contribution >= 4 is 24.5 Å². The van der Waals surface area contributed by atoms with E-state index in [9.17, 15) is 9.59 Å². The molecule has 1 fully saturated rings. The molecule has 2 rings (SSSR count).